The Labute approximate surface area is 136 Å². The summed E-state index contributed by atoms with van der Waals surface area (Å²) in [5.41, 5.74) is 2.75. The molecule has 1 aromatic carbocycles. The summed E-state index contributed by atoms with van der Waals surface area (Å²) in [6.07, 6.45) is 0. The molecule has 0 aliphatic carbocycles. The third-order valence-electron chi connectivity index (χ3n) is 3.10. The maximum Gasteiger partial charge on any atom is 0.349 e. The largest absolute Gasteiger partial charge is 0.451 e. The monoisotopic (exact) mass is 334 g/mol. The lowest BCUT2D eigenvalue weighted by molar-refractivity contribution is -0.380. The quantitative estimate of drug-likeness (QED) is 0.515. The van der Waals surface area contributed by atoms with E-state index in [0.717, 1.165) is 11.1 Å². The summed E-state index contributed by atoms with van der Waals surface area (Å²) in [4.78, 5) is 33.5. The molecular weight excluding hydrogens is 320 g/mol. The molecule has 0 saturated heterocycles. The Hall–Kier alpha value is -2.74. The standard InChI is InChI=1S/C15H14N2O5S/c1-9-3-4-11(7-10(9)2)16-13(18)8-22-15(19)12-5-6-14(23-12)17(20)21/h3-7H,8H2,1-2H3,(H,16,18). The third kappa shape index (κ3) is 4.36. The van der Waals surface area contributed by atoms with Gasteiger partial charge >= 0.3 is 11.0 Å². The Kier molecular flexibility index (Phi) is 5.07. The van der Waals surface area contributed by atoms with Gasteiger partial charge in [0.2, 0.25) is 0 Å². The van der Waals surface area contributed by atoms with Crippen LogP contribution in [0.1, 0.15) is 20.8 Å². The maximum atomic E-state index is 11.8. The maximum absolute atomic E-state index is 11.8. The number of hydrogen-bond acceptors (Lipinski definition) is 6. The Balaban J connectivity index is 1.89. The van der Waals surface area contributed by atoms with Crippen molar-refractivity contribution in [2.24, 2.45) is 0 Å². The van der Waals surface area contributed by atoms with Gasteiger partial charge < -0.3 is 10.1 Å². The zero-order valence-corrected chi connectivity index (χ0v) is 13.3. The Morgan fingerprint density at radius 2 is 1.96 bits per heavy atom. The molecule has 2 aromatic rings. The molecule has 7 nitrogen and oxygen atoms in total. The Bertz CT molecular complexity index is 769. The van der Waals surface area contributed by atoms with Crippen molar-refractivity contribution in [1.29, 1.82) is 0 Å². The highest BCUT2D eigenvalue weighted by Crippen LogP contribution is 2.24. The average Bonchev–Trinajstić information content (AvgIpc) is 2.99. The van der Waals surface area contributed by atoms with E-state index in [1.165, 1.54) is 12.1 Å². The SMILES string of the molecule is Cc1ccc(NC(=O)COC(=O)c2ccc([N+](=O)[O-])s2)cc1C. The molecule has 1 heterocycles. The van der Waals surface area contributed by atoms with Gasteiger partial charge in [0, 0.05) is 11.8 Å². The average molecular weight is 334 g/mol. The van der Waals surface area contributed by atoms with E-state index in [0.29, 0.717) is 17.0 Å². The van der Waals surface area contributed by atoms with E-state index < -0.39 is 23.4 Å². The van der Waals surface area contributed by atoms with Crippen molar-refractivity contribution in [3.05, 3.63) is 56.5 Å². The van der Waals surface area contributed by atoms with E-state index in [-0.39, 0.29) is 9.88 Å². The minimum atomic E-state index is -0.765. The van der Waals surface area contributed by atoms with Gasteiger partial charge in [0.1, 0.15) is 4.88 Å². The van der Waals surface area contributed by atoms with Gasteiger partial charge in [-0.2, -0.15) is 0 Å². The lowest BCUT2D eigenvalue weighted by atomic mass is 10.1. The van der Waals surface area contributed by atoms with Gasteiger partial charge in [-0.3, -0.25) is 14.9 Å². The molecule has 0 radical (unpaired) electrons. The smallest absolute Gasteiger partial charge is 0.349 e. The number of hydrogen-bond donors (Lipinski definition) is 1. The van der Waals surface area contributed by atoms with Gasteiger partial charge in [-0.05, 0) is 43.2 Å². The number of nitrogens with zero attached hydrogens (tertiary/aromatic N) is 1. The van der Waals surface area contributed by atoms with E-state index in [4.69, 9.17) is 4.74 Å². The number of benzene rings is 1. The van der Waals surface area contributed by atoms with Crippen LogP contribution in [0.4, 0.5) is 10.7 Å². The van der Waals surface area contributed by atoms with Gasteiger partial charge in [-0.1, -0.05) is 17.4 Å². The molecule has 0 aliphatic rings. The van der Waals surface area contributed by atoms with Crippen LogP contribution in [0.2, 0.25) is 0 Å². The number of nitro groups is 1. The van der Waals surface area contributed by atoms with E-state index in [1.807, 2.05) is 26.0 Å². The summed E-state index contributed by atoms with van der Waals surface area (Å²) in [7, 11) is 0. The normalized spacial score (nSPS) is 10.2. The Morgan fingerprint density at radius 1 is 1.22 bits per heavy atom. The molecule has 0 saturated carbocycles. The van der Waals surface area contributed by atoms with Gasteiger partial charge in [0.15, 0.2) is 6.61 Å². The molecule has 0 atom stereocenters. The molecule has 23 heavy (non-hydrogen) atoms. The number of carbonyl (C=O) groups is 2. The number of ether oxygens (including phenoxy) is 1. The molecule has 120 valence electrons. The van der Waals surface area contributed by atoms with Crippen LogP contribution >= 0.6 is 11.3 Å². The molecule has 0 bridgehead atoms. The summed E-state index contributed by atoms with van der Waals surface area (Å²) in [5, 5.41) is 13.0. The summed E-state index contributed by atoms with van der Waals surface area (Å²) in [5.74, 6) is -1.24. The summed E-state index contributed by atoms with van der Waals surface area (Å²) in [6.45, 7) is 3.43. The first-order chi connectivity index (χ1) is 10.9. The van der Waals surface area contributed by atoms with Crippen molar-refractivity contribution in [1.82, 2.24) is 0 Å². The second kappa shape index (κ2) is 7.01. The highest BCUT2D eigenvalue weighted by atomic mass is 32.1. The van der Waals surface area contributed by atoms with Crippen LogP contribution in [-0.4, -0.2) is 23.4 Å². The first kappa shape index (κ1) is 16.6. The van der Waals surface area contributed by atoms with E-state index in [9.17, 15) is 19.7 Å². The molecule has 0 aliphatic heterocycles. The van der Waals surface area contributed by atoms with Crippen LogP contribution < -0.4 is 5.32 Å². The second-order valence-corrected chi connectivity index (χ2v) is 5.88. The first-order valence-electron chi connectivity index (χ1n) is 6.65. The number of thiophene rings is 1. The van der Waals surface area contributed by atoms with Crippen LogP contribution in [0.3, 0.4) is 0 Å². The number of aryl methyl sites for hydroxylation is 2. The predicted molar refractivity (Wildman–Crippen MR) is 85.8 cm³/mol. The fourth-order valence-electron chi connectivity index (χ4n) is 1.75. The number of amides is 1. The second-order valence-electron chi connectivity index (χ2n) is 4.82. The number of nitrogens with one attached hydrogen (secondary N) is 1. The number of esters is 1. The number of rotatable bonds is 5. The van der Waals surface area contributed by atoms with Crippen LogP contribution in [0, 0.1) is 24.0 Å². The zero-order chi connectivity index (χ0) is 17.0. The zero-order valence-electron chi connectivity index (χ0n) is 12.5. The fourth-order valence-corrected chi connectivity index (χ4v) is 2.47. The predicted octanol–water partition coefficient (Wildman–Crippen LogP) is 3.07. The third-order valence-corrected chi connectivity index (χ3v) is 4.11. The molecule has 8 heteroatoms. The first-order valence-corrected chi connectivity index (χ1v) is 7.47. The van der Waals surface area contributed by atoms with Crippen molar-refractivity contribution in [3.63, 3.8) is 0 Å². The highest BCUT2D eigenvalue weighted by Gasteiger charge is 2.17. The Morgan fingerprint density at radius 3 is 2.57 bits per heavy atom. The molecule has 1 aromatic heterocycles. The van der Waals surface area contributed by atoms with Crippen LogP contribution in [0.15, 0.2) is 30.3 Å². The summed E-state index contributed by atoms with van der Waals surface area (Å²) < 4.78 is 4.85. The topological polar surface area (TPSA) is 98.5 Å². The lowest BCUT2D eigenvalue weighted by Crippen LogP contribution is -2.20. The number of anilines is 1. The van der Waals surface area contributed by atoms with Crippen LogP contribution in [0.5, 0.6) is 0 Å². The summed E-state index contributed by atoms with van der Waals surface area (Å²) >= 11 is 0.703. The molecular formula is C15H14N2O5S. The fraction of sp³-hybridized carbons (Fsp3) is 0.200. The molecule has 0 fully saturated rings. The van der Waals surface area contributed by atoms with Gasteiger partial charge in [0.05, 0.1) is 4.92 Å². The lowest BCUT2D eigenvalue weighted by Gasteiger charge is -2.08. The van der Waals surface area contributed by atoms with E-state index in [1.54, 1.807) is 6.07 Å². The molecule has 0 unspecified atom stereocenters. The van der Waals surface area contributed by atoms with Gasteiger partial charge in [-0.25, -0.2) is 4.79 Å². The molecule has 1 amide bonds. The molecule has 1 N–H and O–H groups in total. The van der Waals surface area contributed by atoms with Gasteiger partial charge in [0.25, 0.3) is 5.91 Å². The van der Waals surface area contributed by atoms with Crippen molar-refractivity contribution >= 4 is 33.9 Å². The van der Waals surface area contributed by atoms with Crippen LogP contribution in [0.25, 0.3) is 0 Å². The van der Waals surface area contributed by atoms with Crippen molar-refractivity contribution in [3.8, 4) is 0 Å². The van der Waals surface area contributed by atoms with E-state index in [2.05, 4.69) is 5.32 Å². The highest BCUT2D eigenvalue weighted by molar-refractivity contribution is 7.17. The summed E-state index contributed by atoms with van der Waals surface area (Å²) in [6, 6.07) is 7.97. The van der Waals surface area contributed by atoms with Gasteiger partial charge in [-0.15, -0.1) is 0 Å². The van der Waals surface area contributed by atoms with Crippen molar-refractivity contribution in [2.75, 3.05) is 11.9 Å². The minimum Gasteiger partial charge on any atom is -0.451 e. The van der Waals surface area contributed by atoms with Crippen LogP contribution in [-0.2, 0) is 9.53 Å². The van der Waals surface area contributed by atoms with Crippen molar-refractivity contribution < 1.29 is 19.2 Å². The van der Waals surface area contributed by atoms with E-state index >= 15 is 0 Å². The van der Waals surface area contributed by atoms with Crippen molar-refractivity contribution in [2.45, 2.75) is 13.8 Å². The molecule has 2 rings (SSSR count). The minimum absolute atomic E-state index is 0.0793. The molecule has 0 spiro atoms. The number of carbonyl (C=O) groups excluding carboxylic acids is 2.